The molecule has 3 rings (SSSR count). The Hall–Kier alpha value is -1.16. The monoisotopic (exact) mass is 315 g/mol. The van der Waals surface area contributed by atoms with Gasteiger partial charge in [-0.15, -0.1) is 0 Å². The third-order valence-corrected chi connectivity index (χ3v) is 5.96. The summed E-state index contributed by atoms with van der Waals surface area (Å²) in [6.45, 7) is 7.15. The molecular weight excluding hydrogens is 286 g/mol. The molecule has 23 heavy (non-hydrogen) atoms. The largest absolute Gasteiger partial charge is 0.396 e. The number of hydrogen-bond donors (Lipinski definition) is 2. The van der Waals surface area contributed by atoms with Crippen LogP contribution >= 0.6 is 0 Å². The molecule has 0 amide bonds. The van der Waals surface area contributed by atoms with Gasteiger partial charge in [-0.3, -0.25) is 4.90 Å². The Bertz CT molecular complexity index is 556. The lowest BCUT2D eigenvalue weighted by atomic mass is 9.95. The molecule has 3 nitrogen and oxygen atoms in total. The van der Waals surface area contributed by atoms with E-state index in [2.05, 4.69) is 37.0 Å². The maximum Gasteiger partial charge on any atom is 0.0745 e. The predicted molar refractivity (Wildman–Crippen MR) is 93.3 cm³/mol. The summed E-state index contributed by atoms with van der Waals surface area (Å²) < 4.78 is 0. The van der Waals surface area contributed by atoms with Crippen LogP contribution in [0, 0.1) is 11.3 Å². The fourth-order valence-electron chi connectivity index (χ4n) is 4.47. The molecular formula is C20H29NO2. The zero-order valence-electron chi connectivity index (χ0n) is 14.3. The number of aliphatic hydroxyl groups excluding tert-OH is 2. The molecule has 0 aromatic heterocycles. The van der Waals surface area contributed by atoms with Gasteiger partial charge in [-0.1, -0.05) is 48.9 Å². The number of allylic oxidation sites excluding steroid dienone is 1. The molecule has 1 aliphatic heterocycles. The van der Waals surface area contributed by atoms with Crippen molar-refractivity contribution < 1.29 is 10.2 Å². The van der Waals surface area contributed by atoms with Crippen LogP contribution in [0.15, 0.2) is 42.0 Å². The minimum Gasteiger partial charge on any atom is -0.396 e. The van der Waals surface area contributed by atoms with E-state index in [1.165, 1.54) is 11.1 Å². The van der Waals surface area contributed by atoms with Gasteiger partial charge >= 0.3 is 0 Å². The average Bonchev–Trinajstić information content (AvgIpc) is 3.11. The lowest BCUT2D eigenvalue weighted by molar-refractivity contribution is 0.111. The molecule has 1 heterocycles. The molecule has 3 heteroatoms. The molecule has 0 radical (unpaired) electrons. The van der Waals surface area contributed by atoms with Crippen LogP contribution in [-0.4, -0.2) is 47.5 Å². The van der Waals surface area contributed by atoms with Crippen LogP contribution in [0.3, 0.4) is 0 Å². The SMILES string of the molecule is CC/C(C)=C/CCN1C[C@H](O)[C@@]2(C1)[C@H](CO)[C@H]2c1ccccc1. The second kappa shape index (κ2) is 6.76. The van der Waals surface area contributed by atoms with Crippen molar-refractivity contribution in [1.29, 1.82) is 0 Å². The molecule has 2 N–H and O–H groups in total. The minimum atomic E-state index is -0.332. The van der Waals surface area contributed by atoms with Crippen LogP contribution in [0.1, 0.15) is 38.2 Å². The second-order valence-corrected chi connectivity index (χ2v) is 7.23. The highest BCUT2D eigenvalue weighted by Gasteiger charge is 2.70. The molecule has 126 valence electrons. The Balaban J connectivity index is 1.68. The Morgan fingerprint density at radius 3 is 2.74 bits per heavy atom. The van der Waals surface area contributed by atoms with Gasteiger partial charge in [0.15, 0.2) is 0 Å². The Kier molecular flexibility index (Phi) is 4.90. The summed E-state index contributed by atoms with van der Waals surface area (Å²) in [4.78, 5) is 2.37. The number of benzene rings is 1. The van der Waals surface area contributed by atoms with E-state index >= 15 is 0 Å². The van der Waals surface area contributed by atoms with E-state index in [-0.39, 0.29) is 24.0 Å². The van der Waals surface area contributed by atoms with Gasteiger partial charge in [-0.25, -0.2) is 0 Å². The molecule has 0 bridgehead atoms. The highest BCUT2D eigenvalue weighted by atomic mass is 16.3. The summed E-state index contributed by atoms with van der Waals surface area (Å²) in [5, 5.41) is 20.5. The Labute approximate surface area is 139 Å². The first-order valence-corrected chi connectivity index (χ1v) is 8.85. The van der Waals surface area contributed by atoms with Gasteiger partial charge in [0.25, 0.3) is 0 Å². The molecule has 4 atom stereocenters. The van der Waals surface area contributed by atoms with Gasteiger partial charge < -0.3 is 10.2 Å². The maximum absolute atomic E-state index is 10.7. The number of likely N-dealkylation sites (tertiary alicyclic amines) is 1. The summed E-state index contributed by atoms with van der Waals surface area (Å²) in [5.41, 5.74) is 2.55. The molecule has 1 saturated heterocycles. The summed E-state index contributed by atoms with van der Waals surface area (Å²) in [6, 6.07) is 10.4. The first-order chi connectivity index (χ1) is 11.1. The van der Waals surface area contributed by atoms with Crippen LogP contribution in [0.5, 0.6) is 0 Å². The molecule has 2 aliphatic rings. The van der Waals surface area contributed by atoms with E-state index in [4.69, 9.17) is 0 Å². The Morgan fingerprint density at radius 1 is 1.35 bits per heavy atom. The fraction of sp³-hybridized carbons (Fsp3) is 0.600. The molecule has 1 aromatic rings. The summed E-state index contributed by atoms with van der Waals surface area (Å²) in [7, 11) is 0. The van der Waals surface area contributed by atoms with Crippen molar-refractivity contribution in [3.8, 4) is 0 Å². The third-order valence-electron chi connectivity index (χ3n) is 5.96. The van der Waals surface area contributed by atoms with E-state index in [0.717, 1.165) is 32.5 Å². The van der Waals surface area contributed by atoms with Crippen LogP contribution < -0.4 is 0 Å². The van der Waals surface area contributed by atoms with E-state index in [9.17, 15) is 10.2 Å². The standard InChI is InChI=1S/C20H29NO2/c1-3-15(2)8-7-11-21-12-18(23)20(14-21)17(13-22)19(20)16-9-5-4-6-10-16/h4-6,8-10,17-19,22-23H,3,7,11-14H2,1-2H3/b15-8+/t17-,18+,19-,20-/m1/s1. The molecule has 1 saturated carbocycles. The highest BCUT2D eigenvalue weighted by Crippen LogP contribution is 2.68. The molecule has 1 aromatic carbocycles. The van der Waals surface area contributed by atoms with Crippen molar-refractivity contribution in [3.63, 3.8) is 0 Å². The Morgan fingerprint density at radius 2 is 2.09 bits per heavy atom. The molecule has 2 fully saturated rings. The minimum absolute atomic E-state index is 0.139. The predicted octanol–water partition coefficient (Wildman–Crippen LogP) is 2.80. The quantitative estimate of drug-likeness (QED) is 0.793. The first-order valence-electron chi connectivity index (χ1n) is 8.85. The van der Waals surface area contributed by atoms with E-state index in [1.807, 2.05) is 18.2 Å². The lowest BCUT2D eigenvalue weighted by Crippen LogP contribution is -2.23. The summed E-state index contributed by atoms with van der Waals surface area (Å²) in [6.07, 6.45) is 4.13. The van der Waals surface area contributed by atoms with Crippen molar-refractivity contribution in [1.82, 2.24) is 4.90 Å². The molecule has 0 unspecified atom stereocenters. The normalized spacial score (nSPS) is 34.3. The summed E-state index contributed by atoms with van der Waals surface area (Å²) >= 11 is 0. The smallest absolute Gasteiger partial charge is 0.0745 e. The third kappa shape index (κ3) is 2.98. The zero-order valence-corrected chi connectivity index (χ0v) is 14.3. The van der Waals surface area contributed by atoms with E-state index in [0.29, 0.717) is 5.92 Å². The van der Waals surface area contributed by atoms with Gasteiger partial charge in [-0.2, -0.15) is 0 Å². The van der Waals surface area contributed by atoms with Gasteiger partial charge in [-0.05, 0) is 37.2 Å². The van der Waals surface area contributed by atoms with Crippen LogP contribution in [-0.2, 0) is 0 Å². The van der Waals surface area contributed by atoms with E-state index < -0.39 is 0 Å². The maximum atomic E-state index is 10.7. The topological polar surface area (TPSA) is 43.7 Å². The fourth-order valence-corrected chi connectivity index (χ4v) is 4.47. The van der Waals surface area contributed by atoms with Gasteiger partial charge in [0.05, 0.1) is 6.10 Å². The zero-order chi connectivity index (χ0) is 16.4. The van der Waals surface area contributed by atoms with Crippen molar-refractivity contribution in [2.75, 3.05) is 26.2 Å². The second-order valence-electron chi connectivity index (χ2n) is 7.23. The van der Waals surface area contributed by atoms with Crippen molar-refractivity contribution in [3.05, 3.63) is 47.5 Å². The number of rotatable bonds is 6. The van der Waals surface area contributed by atoms with Crippen molar-refractivity contribution in [2.45, 2.75) is 38.7 Å². The summed E-state index contributed by atoms with van der Waals surface area (Å²) in [5.74, 6) is 0.486. The van der Waals surface area contributed by atoms with Crippen LogP contribution in [0.4, 0.5) is 0 Å². The first kappa shape index (κ1) is 16.7. The average molecular weight is 315 g/mol. The van der Waals surface area contributed by atoms with Crippen molar-refractivity contribution in [2.24, 2.45) is 11.3 Å². The number of nitrogens with zero attached hydrogens (tertiary/aromatic N) is 1. The molecule has 1 spiro atoms. The van der Waals surface area contributed by atoms with E-state index in [1.54, 1.807) is 0 Å². The van der Waals surface area contributed by atoms with Gasteiger partial charge in [0.2, 0.25) is 0 Å². The molecule has 1 aliphatic carbocycles. The van der Waals surface area contributed by atoms with Gasteiger partial charge in [0, 0.05) is 31.7 Å². The lowest BCUT2D eigenvalue weighted by Gasteiger charge is -2.16. The highest BCUT2D eigenvalue weighted by molar-refractivity contribution is 5.36. The number of β-amino-alcohol motifs (C(OH)–C–C–N with tert-alkyl or cyclic N) is 1. The van der Waals surface area contributed by atoms with Crippen LogP contribution in [0.25, 0.3) is 0 Å². The van der Waals surface area contributed by atoms with Gasteiger partial charge in [0.1, 0.15) is 0 Å². The van der Waals surface area contributed by atoms with Crippen molar-refractivity contribution >= 4 is 0 Å². The number of hydrogen-bond acceptors (Lipinski definition) is 3. The number of aliphatic hydroxyl groups is 2. The van der Waals surface area contributed by atoms with Crippen LogP contribution in [0.2, 0.25) is 0 Å².